The number of hydrogen-bond acceptors (Lipinski definition) is 4. The Morgan fingerprint density at radius 3 is 3.00 bits per heavy atom. The molecule has 1 rings (SSSR count). The molecule has 0 bridgehead atoms. The molecular formula is C14H19N3O2. The highest BCUT2D eigenvalue weighted by atomic mass is 16.3. The van der Waals surface area contributed by atoms with Crippen LogP contribution in [0.15, 0.2) is 34.6 Å². The molecule has 1 amide bonds. The fourth-order valence-electron chi connectivity index (χ4n) is 1.51. The van der Waals surface area contributed by atoms with E-state index in [0.717, 1.165) is 19.4 Å². The number of amides is 1. The molecule has 0 spiro atoms. The number of carbonyl (C=O) groups excluding carboxylic acids is 1. The summed E-state index contributed by atoms with van der Waals surface area (Å²) in [5, 5.41) is 11.6. The Morgan fingerprint density at radius 2 is 2.42 bits per heavy atom. The summed E-state index contributed by atoms with van der Waals surface area (Å²) in [6.07, 6.45) is 5.22. The zero-order valence-electron chi connectivity index (χ0n) is 11.3. The summed E-state index contributed by atoms with van der Waals surface area (Å²) in [6, 6.07) is 5.43. The third kappa shape index (κ3) is 5.30. The van der Waals surface area contributed by atoms with Crippen molar-refractivity contribution in [2.45, 2.75) is 26.3 Å². The second-order valence-electron chi connectivity index (χ2n) is 4.25. The number of hydrogen-bond donors (Lipinski definition) is 1. The Labute approximate surface area is 113 Å². The van der Waals surface area contributed by atoms with Gasteiger partial charge in [-0.15, -0.1) is 0 Å². The zero-order chi connectivity index (χ0) is 14.1. The second kappa shape index (κ2) is 7.98. The van der Waals surface area contributed by atoms with Gasteiger partial charge in [-0.05, 0) is 18.6 Å². The third-order valence-corrected chi connectivity index (χ3v) is 2.58. The molecule has 5 nitrogen and oxygen atoms in total. The molecule has 0 saturated carbocycles. The summed E-state index contributed by atoms with van der Waals surface area (Å²) in [4.78, 5) is 13.7. The smallest absolute Gasteiger partial charge is 0.263 e. The topological polar surface area (TPSA) is 69.3 Å². The predicted octanol–water partition coefficient (Wildman–Crippen LogP) is 2.04. The highest BCUT2D eigenvalue weighted by Crippen LogP contribution is 2.02. The van der Waals surface area contributed by atoms with Crippen molar-refractivity contribution >= 4 is 5.91 Å². The first-order valence-electron chi connectivity index (χ1n) is 6.30. The maximum absolute atomic E-state index is 11.8. The first-order valence-corrected chi connectivity index (χ1v) is 6.30. The van der Waals surface area contributed by atoms with Crippen molar-refractivity contribution in [2.75, 3.05) is 13.6 Å². The lowest BCUT2D eigenvalue weighted by atomic mass is 10.2. The summed E-state index contributed by atoms with van der Waals surface area (Å²) in [5.74, 6) is 0.271. The van der Waals surface area contributed by atoms with Gasteiger partial charge >= 0.3 is 0 Å². The molecule has 1 N–H and O–H groups in total. The van der Waals surface area contributed by atoms with Crippen molar-refractivity contribution in [1.29, 1.82) is 5.26 Å². The molecule has 0 aliphatic carbocycles. The van der Waals surface area contributed by atoms with E-state index >= 15 is 0 Å². The summed E-state index contributed by atoms with van der Waals surface area (Å²) in [5.41, 5.74) is 0.102. The molecule has 1 heterocycles. The van der Waals surface area contributed by atoms with Gasteiger partial charge in [-0.2, -0.15) is 5.26 Å². The highest BCUT2D eigenvalue weighted by molar-refractivity contribution is 5.97. The van der Waals surface area contributed by atoms with Crippen LogP contribution in [0.4, 0.5) is 0 Å². The molecule has 0 saturated heterocycles. The van der Waals surface area contributed by atoms with Crippen LogP contribution in [0, 0.1) is 11.3 Å². The maximum Gasteiger partial charge on any atom is 0.263 e. The van der Waals surface area contributed by atoms with Crippen molar-refractivity contribution in [3.8, 4) is 6.07 Å². The average Bonchev–Trinajstić information content (AvgIpc) is 2.93. The lowest BCUT2D eigenvalue weighted by Crippen LogP contribution is -2.25. The normalized spacial score (nSPS) is 10.9. The van der Waals surface area contributed by atoms with Crippen LogP contribution in [-0.4, -0.2) is 24.4 Å². The van der Waals surface area contributed by atoms with Gasteiger partial charge in [0.15, 0.2) is 0 Å². The van der Waals surface area contributed by atoms with E-state index in [2.05, 4.69) is 12.2 Å². The summed E-state index contributed by atoms with van der Waals surface area (Å²) >= 11 is 0. The third-order valence-electron chi connectivity index (χ3n) is 2.58. The Morgan fingerprint density at radius 1 is 1.63 bits per heavy atom. The molecule has 0 aromatic carbocycles. The minimum absolute atomic E-state index is 0.102. The molecule has 1 aromatic rings. The van der Waals surface area contributed by atoms with E-state index in [-0.39, 0.29) is 18.0 Å². The quantitative estimate of drug-likeness (QED) is 0.602. The van der Waals surface area contributed by atoms with Crippen LogP contribution in [0.1, 0.15) is 25.5 Å². The van der Waals surface area contributed by atoms with Crippen LogP contribution >= 0.6 is 0 Å². The van der Waals surface area contributed by atoms with Gasteiger partial charge in [-0.1, -0.05) is 13.3 Å². The molecule has 1 aromatic heterocycles. The highest BCUT2D eigenvalue weighted by Gasteiger charge is 2.10. The number of carbonyl (C=O) groups is 1. The van der Waals surface area contributed by atoms with Crippen molar-refractivity contribution < 1.29 is 9.21 Å². The molecular weight excluding hydrogens is 242 g/mol. The van der Waals surface area contributed by atoms with E-state index in [1.165, 1.54) is 0 Å². The van der Waals surface area contributed by atoms with Crippen LogP contribution in [0.25, 0.3) is 0 Å². The van der Waals surface area contributed by atoms with Gasteiger partial charge < -0.3 is 14.6 Å². The minimum atomic E-state index is -0.387. The first kappa shape index (κ1) is 14.8. The lowest BCUT2D eigenvalue weighted by Gasteiger charge is -2.13. The Kier molecular flexibility index (Phi) is 6.23. The number of unbranched alkanes of at least 4 members (excludes halogenated alkanes) is 1. The average molecular weight is 261 g/mol. The van der Waals surface area contributed by atoms with Gasteiger partial charge in [-0.25, -0.2) is 0 Å². The molecule has 0 unspecified atom stereocenters. The van der Waals surface area contributed by atoms with Gasteiger partial charge in [-0.3, -0.25) is 4.79 Å². The van der Waals surface area contributed by atoms with Gasteiger partial charge in [0, 0.05) is 19.8 Å². The van der Waals surface area contributed by atoms with Gasteiger partial charge in [0.2, 0.25) is 0 Å². The van der Waals surface area contributed by atoms with Crippen molar-refractivity contribution in [2.24, 2.45) is 0 Å². The molecule has 0 radical (unpaired) electrons. The molecule has 5 heteroatoms. The van der Waals surface area contributed by atoms with Crippen molar-refractivity contribution in [3.63, 3.8) is 0 Å². The summed E-state index contributed by atoms with van der Waals surface area (Å²) < 4.78 is 5.10. The Balaban J connectivity index is 2.51. The molecule has 102 valence electrons. The Hall–Kier alpha value is -2.22. The van der Waals surface area contributed by atoms with Crippen molar-refractivity contribution in [1.82, 2.24) is 10.2 Å². The molecule has 19 heavy (non-hydrogen) atoms. The Bertz CT molecular complexity index is 458. The van der Waals surface area contributed by atoms with E-state index in [0.29, 0.717) is 5.76 Å². The lowest BCUT2D eigenvalue weighted by molar-refractivity contribution is -0.117. The van der Waals surface area contributed by atoms with Crippen LogP contribution in [0.3, 0.4) is 0 Å². The first-order chi connectivity index (χ1) is 9.17. The van der Waals surface area contributed by atoms with Crippen LogP contribution < -0.4 is 5.32 Å². The van der Waals surface area contributed by atoms with Gasteiger partial charge in [0.05, 0.1) is 12.8 Å². The molecule has 0 aliphatic rings. The SMILES string of the molecule is CCCCN(C)/C=C(/C#N)C(=O)NCc1ccco1. The number of nitriles is 1. The fourth-order valence-corrected chi connectivity index (χ4v) is 1.51. The number of nitrogens with zero attached hydrogens (tertiary/aromatic N) is 2. The van der Waals surface area contributed by atoms with Gasteiger partial charge in [0.1, 0.15) is 17.4 Å². The fraction of sp³-hybridized carbons (Fsp3) is 0.429. The van der Waals surface area contributed by atoms with E-state index in [1.807, 2.05) is 18.0 Å². The summed E-state index contributed by atoms with van der Waals surface area (Å²) in [6.45, 7) is 3.20. The van der Waals surface area contributed by atoms with Crippen LogP contribution in [0.5, 0.6) is 0 Å². The monoisotopic (exact) mass is 261 g/mol. The largest absolute Gasteiger partial charge is 0.467 e. The van der Waals surface area contributed by atoms with E-state index in [9.17, 15) is 4.79 Å². The molecule has 0 fully saturated rings. The summed E-state index contributed by atoms with van der Waals surface area (Å²) in [7, 11) is 1.85. The number of furan rings is 1. The second-order valence-corrected chi connectivity index (χ2v) is 4.25. The standard InChI is InChI=1S/C14H19N3O2/c1-3-4-7-17(2)11-12(9-15)14(18)16-10-13-6-5-8-19-13/h5-6,8,11H,3-4,7,10H2,1-2H3,(H,16,18)/b12-11-. The van der Waals surface area contributed by atoms with E-state index in [4.69, 9.17) is 9.68 Å². The van der Waals surface area contributed by atoms with Gasteiger partial charge in [0.25, 0.3) is 5.91 Å². The predicted molar refractivity (Wildman–Crippen MR) is 71.8 cm³/mol. The van der Waals surface area contributed by atoms with E-state index in [1.54, 1.807) is 24.6 Å². The molecule has 0 aliphatic heterocycles. The number of rotatable bonds is 7. The van der Waals surface area contributed by atoms with Crippen LogP contribution in [0.2, 0.25) is 0 Å². The minimum Gasteiger partial charge on any atom is -0.467 e. The van der Waals surface area contributed by atoms with Crippen LogP contribution in [-0.2, 0) is 11.3 Å². The maximum atomic E-state index is 11.8. The van der Waals surface area contributed by atoms with E-state index < -0.39 is 0 Å². The van der Waals surface area contributed by atoms with Crippen molar-refractivity contribution in [3.05, 3.63) is 35.9 Å². The zero-order valence-corrected chi connectivity index (χ0v) is 11.3. The molecule has 0 atom stereocenters. The number of nitrogens with one attached hydrogen (secondary N) is 1.